The molecule has 3 aliphatic rings. The minimum Gasteiger partial charge on any atom is -0.299 e. The SMILES string of the molecule is CCC1(C)CCN2CCC3(C)c4ccccc4CC2C13C. The normalized spacial score (nSPS) is 47.8. The van der Waals surface area contributed by atoms with Gasteiger partial charge in [0.25, 0.3) is 0 Å². The molecule has 114 valence electrons. The molecule has 1 aromatic rings. The molecule has 0 spiro atoms. The zero-order valence-electron chi connectivity index (χ0n) is 14.1. The maximum atomic E-state index is 2.81. The largest absolute Gasteiger partial charge is 0.299 e. The maximum absolute atomic E-state index is 2.81. The third-order valence-electron chi connectivity index (χ3n) is 8.16. The van der Waals surface area contributed by atoms with E-state index in [4.69, 9.17) is 0 Å². The van der Waals surface area contributed by atoms with Gasteiger partial charge in [0.2, 0.25) is 0 Å². The molecular formula is C20H29N. The van der Waals surface area contributed by atoms with E-state index in [0.29, 0.717) is 16.2 Å². The molecule has 1 aromatic carbocycles. The van der Waals surface area contributed by atoms with Crippen LogP contribution < -0.4 is 0 Å². The van der Waals surface area contributed by atoms with Crippen molar-refractivity contribution in [2.45, 2.75) is 64.8 Å². The van der Waals surface area contributed by atoms with Gasteiger partial charge in [0, 0.05) is 11.5 Å². The van der Waals surface area contributed by atoms with Gasteiger partial charge in [-0.15, -0.1) is 0 Å². The number of hydrogen-bond donors (Lipinski definition) is 0. The molecule has 1 aliphatic carbocycles. The van der Waals surface area contributed by atoms with E-state index in [2.05, 4.69) is 56.9 Å². The summed E-state index contributed by atoms with van der Waals surface area (Å²) in [5.74, 6) is 0. The first-order valence-corrected chi connectivity index (χ1v) is 8.79. The number of hydrogen-bond acceptors (Lipinski definition) is 1. The second-order valence-corrected chi connectivity index (χ2v) is 8.36. The van der Waals surface area contributed by atoms with E-state index >= 15 is 0 Å². The lowest BCUT2D eigenvalue weighted by Crippen LogP contribution is -2.73. The van der Waals surface area contributed by atoms with Crippen LogP contribution in [0.15, 0.2) is 24.3 Å². The molecule has 4 bridgehead atoms. The van der Waals surface area contributed by atoms with Crippen LogP contribution in [0.2, 0.25) is 0 Å². The smallest absolute Gasteiger partial charge is 0.0203 e. The van der Waals surface area contributed by atoms with E-state index in [0.717, 1.165) is 6.04 Å². The van der Waals surface area contributed by atoms with Gasteiger partial charge in [0.1, 0.15) is 0 Å². The highest BCUT2D eigenvalue weighted by atomic mass is 15.2. The van der Waals surface area contributed by atoms with E-state index in [9.17, 15) is 0 Å². The Morgan fingerprint density at radius 2 is 1.81 bits per heavy atom. The monoisotopic (exact) mass is 283 g/mol. The van der Waals surface area contributed by atoms with Crippen LogP contribution in [-0.2, 0) is 11.8 Å². The summed E-state index contributed by atoms with van der Waals surface area (Å²) in [6.45, 7) is 12.8. The van der Waals surface area contributed by atoms with Crippen LogP contribution in [0.5, 0.6) is 0 Å². The van der Waals surface area contributed by atoms with Gasteiger partial charge >= 0.3 is 0 Å². The number of rotatable bonds is 1. The summed E-state index contributed by atoms with van der Waals surface area (Å²) >= 11 is 0. The third kappa shape index (κ3) is 1.42. The second kappa shape index (κ2) is 4.13. The van der Waals surface area contributed by atoms with E-state index in [1.807, 2.05) is 0 Å². The highest BCUT2D eigenvalue weighted by Gasteiger charge is 2.66. The molecule has 2 aliphatic heterocycles. The summed E-state index contributed by atoms with van der Waals surface area (Å²) in [4.78, 5) is 2.81. The predicted octanol–water partition coefficient (Wildman–Crippen LogP) is 4.40. The molecule has 2 fully saturated rings. The fraction of sp³-hybridized carbons (Fsp3) is 0.700. The van der Waals surface area contributed by atoms with E-state index in [1.165, 1.54) is 38.8 Å². The summed E-state index contributed by atoms with van der Waals surface area (Å²) in [7, 11) is 0. The van der Waals surface area contributed by atoms with Crippen LogP contribution in [0, 0.1) is 10.8 Å². The molecule has 0 aromatic heterocycles. The van der Waals surface area contributed by atoms with Crippen LogP contribution in [0.1, 0.15) is 58.1 Å². The van der Waals surface area contributed by atoms with Gasteiger partial charge in [0.05, 0.1) is 0 Å². The summed E-state index contributed by atoms with van der Waals surface area (Å²) in [6.07, 6.45) is 5.27. The molecule has 1 nitrogen and oxygen atoms in total. The van der Waals surface area contributed by atoms with Gasteiger partial charge in [0.15, 0.2) is 0 Å². The lowest BCUT2D eigenvalue weighted by Gasteiger charge is -2.71. The molecule has 5 atom stereocenters. The van der Waals surface area contributed by atoms with Gasteiger partial charge in [-0.25, -0.2) is 0 Å². The zero-order chi connectivity index (χ0) is 14.9. The topological polar surface area (TPSA) is 3.24 Å². The standard InChI is InChI=1S/C20H29N/c1-5-18(2)10-12-21-13-11-19(3)16-9-7-6-8-15(16)14-17(21)20(18,19)4/h6-9,17H,5,10-14H2,1-4H3. The zero-order valence-corrected chi connectivity index (χ0v) is 14.1. The first-order valence-electron chi connectivity index (χ1n) is 8.79. The van der Waals surface area contributed by atoms with Crippen molar-refractivity contribution in [1.29, 1.82) is 0 Å². The van der Waals surface area contributed by atoms with Crippen molar-refractivity contribution >= 4 is 0 Å². The summed E-state index contributed by atoms with van der Waals surface area (Å²) in [5.41, 5.74) is 4.49. The lowest BCUT2D eigenvalue weighted by atomic mass is 9.40. The second-order valence-electron chi connectivity index (χ2n) is 8.36. The molecule has 0 amide bonds. The van der Waals surface area contributed by atoms with E-state index < -0.39 is 0 Å². The summed E-state index contributed by atoms with van der Waals surface area (Å²) < 4.78 is 0. The molecule has 0 saturated carbocycles. The number of benzene rings is 1. The molecule has 2 saturated heterocycles. The molecule has 5 unspecified atom stereocenters. The van der Waals surface area contributed by atoms with Crippen LogP contribution in [0.25, 0.3) is 0 Å². The van der Waals surface area contributed by atoms with Crippen molar-refractivity contribution < 1.29 is 0 Å². The molecular weight excluding hydrogens is 254 g/mol. The van der Waals surface area contributed by atoms with Crippen molar-refractivity contribution in [2.24, 2.45) is 10.8 Å². The Morgan fingerprint density at radius 3 is 2.57 bits per heavy atom. The Labute approximate surface area is 129 Å². The summed E-state index contributed by atoms with van der Waals surface area (Å²) in [6, 6.07) is 10.0. The highest BCUT2D eigenvalue weighted by molar-refractivity contribution is 5.43. The van der Waals surface area contributed by atoms with Gasteiger partial charge in [-0.3, -0.25) is 4.90 Å². The molecule has 0 radical (unpaired) electrons. The predicted molar refractivity (Wildman–Crippen MR) is 88.6 cm³/mol. The van der Waals surface area contributed by atoms with Crippen molar-refractivity contribution in [3.8, 4) is 0 Å². The minimum absolute atomic E-state index is 0.341. The highest BCUT2D eigenvalue weighted by Crippen LogP contribution is 2.67. The Bertz CT molecular complexity index is 579. The van der Waals surface area contributed by atoms with Crippen LogP contribution in [0.3, 0.4) is 0 Å². The minimum atomic E-state index is 0.341. The van der Waals surface area contributed by atoms with E-state index in [-0.39, 0.29) is 0 Å². The average Bonchev–Trinajstić information content (AvgIpc) is 2.48. The fourth-order valence-corrected chi connectivity index (χ4v) is 6.24. The Morgan fingerprint density at radius 1 is 1.10 bits per heavy atom. The van der Waals surface area contributed by atoms with Gasteiger partial charge < -0.3 is 0 Å². The maximum Gasteiger partial charge on any atom is 0.0203 e. The molecule has 21 heavy (non-hydrogen) atoms. The summed E-state index contributed by atoms with van der Waals surface area (Å²) in [5, 5.41) is 0. The Kier molecular flexibility index (Phi) is 2.72. The lowest BCUT2D eigenvalue weighted by molar-refractivity contribution is -0.169. The average molecular weight is 283 g/mol. The third-order valence-corrected chi connectivity index (χ3v) is 8.16. The van der Waals surface area contributed by atoms with Gasteiger partial charge in [-0.1, -0.05) is 58.4 Å². The quantitative estimate of drug-likeness (QED) is 0.738. The van der Waals surface area contributed by atoms with Gasteiger partial charge in [-0.2, -0.15) is 0 Å². The molecule has 0 N–H and O–H groups in total. The van der Waals surface area contributed by atoms with Crippen LogP contribution in [-0.4, -0.2) is 24.0 Å². The Balaban J connectivity index is 1.98. The van der Waals surface area contributed by atoms with Crippen LogP contribution >= 0.6 is 0 Å². The molecule has 4 rings (SSSR count). The fourth-order valence-electron chi connectivity index (χ4n) is 6.24. The molecule has 1 heteroatoms. The van der Waals surface area contributed by atoms with E-state index in [1.54, 1.807) is 11.1 Å². The van der Waals surface area contributed by atoms with Crippen molar-refractivity contribution in [1.82, 2.24) is 4.90 Å². The van der Waals surface area contributed by atoms with Crippen molar-refractivity contribution in [3.63, 3.8) is 0 Å². The number of nitrogens with zero attached hydrogens (tertiary/aromatic N) is 1. The first kappa shape index (κ1) is 13.8. The number of piperidine rings is 2. The van der Waals surface area contributed by atoms with Crippen molar-refractivity contribution in [2.75, 3.05) is 13.1 Å². The molecule has 2 heterocycles. The van der Waals surface area contributed by atoms with Gasteiger partial charge in [-0.05, 0) is 54.3 Å². The Hall–Kier alpha value is -0.820. The number of fused-ring (bicyclic) bond motifs is 2. The van der Waals surface area contributed by atoms with Crippen LogP contribution in [0.4, 0.5) is 0 Å². The van der Waals surface area contributed by atoms with Crippen molar-refractivity contribution in [3.05, 3.63) is 35.4 Å². The first-order chi connectivity index (χ1) is 9.96.